The second-order valence-corrected chi connectivity index (χ2v) is 2.96. The summed E-state index contributed by atoms with van der Waals surface area (Å²) >= 11 is 4.85. The summed E-state index contributed by atoms with van der Waals surface area (Å²) < 4.78 is 0. The molecule has 0 saturated heterocycles. The summed E-state index contributed by atoms with van der Waals surface area (Å²) in [4.78, 5) is 0. The van der Waals surface area contributed by atoms with Crippen LogP contribution in [0.1, 0.15) is 12.8 Å². The molecule has 64 valence electrons. The van der Waals surface area contributed by atoms with Crippen LogP contribution in [0.2, 0.25) is 0 Å². The molecule has 1 heterocycles. The summed E-state index contributed by atoms with van der Waals surface area (Å²) in [5.41, 5.74) is 8.38. The van der Waals surface area contributed by atoms with Gasteiger partial charge in [0.25, 0.3) is 0 Å². The van der Waals surface area contributed by atoms with E-state index in [1.165, 1.54) is 5.57 Å². The Morgan fingerprint density at radius 3 is 3.17 bits per heavy atom. The molecule has 0 aromatic carbocycles. The Morgan fingerprint density at radius 2 is 2.58 bits per heavy atom. The maximum atomic E-state index is 5.51. The highest BCUT2D eigenvalue weighted by Crippen LogP contribution is 2.16. The fraction of sp³-hybridized carbons (Fsp3) is 0.222. The molecule has 3 heteroatoms. The van der Waals surface area contributed by atoms with Crippen molar-refractivity contribution in [2.45, 2.75) is 12.8 Å². The van der Waals surface area contributed by atoms with Gasteiger partial charge in [0, 0.05) is 23.2 Å². The van der Waals surface area contributed by atoms with Crippen molar-refractivity contribution in [3.05, 3.63) is 35.8 Å². The fourth-order valence-electron chi connectivity index (χ4n) is 1.12. The summed E-state index contributed by atoms with van der Waals surface area (Å²) in [7, 11) is 0. The van der Waals surface area contributed by atoms with E-state index in [0.717, 1.165) is 18.5 Å². The van der Waals surface area contributed by atoms with E-state index in [9.17, 15) is 0 Å². The van der Waals surface area contributed by atoms with Crippen LogP contribution >= 0.6 is 12.2 Å². The molecular formula is C9H12N2S. The maximum absolute atomic E-state index is 5.51. The van der Waals surface area contributed by atoms with Crippen LogP contribution < -0.4 is 11.1 Å². The lowest BCUT2D eigenvalue weighted by Gasteiger charge is -2.14. The monoisotopic (exact) mass is 180 g/mol. The Hall–Kier alpha value is -1.09. The van der Waals surface area contributed by atoms with Gasteiger partial charge in [-0.15, -0.1) is 0 Å². The molecule has 0 amide bonds. The lowest BCUT2D eigenvalue weighted by atomic mass is 10.0. The van der Waals surface area contributed by atoms with Crippen molar-refractivity contribution < 1.29 is 0 Å². The van der Waals surface area contributed by atoms with Gasteiger partial charge in [-0.25, -0.2) is 0 Å². The molecule has 0 saturated carbocycles. The third-order valence-electron chi connectivity index (χ3n) is 1.66. The number of thiocarbonyl (C=S) groups is 1. The van der Waals surface area contributed by atoms with Gasteiger partial charge in [-0.1, -0.05) is 24.9 Å². The van der Waals surface area contributed by atoms with E-state index in [2.05, 4.69) is 11.9 Å². The van der Waals surface area contributed by atoms with Crippen molar-refractivity contribution in [1.82, 2.24) is 5.32 Å². The normalized spacial score (nSPS) is 15.7. The summed E-state index contributed by atoms with van der Waals surface area (Å²) in [6.07, 6.45) is 5.56. The van der Waals surface area contributed by atoms with Gasteiger partial charge in [-0.2, -0.15) is 0 Å². The number of rotatable bonds is 3. The molecule has 0 spiro atoms. The van der Waals surface area contributed by atoms with E-state index in [1.807, 2.05) is 12.3 Å². The molecule has 1 rings (SSSR count). The van der Waals surface area contributed by atoms with Gasteiger partial charge in [0.05, 0.1) is 0 Å². The average molecular weight is 180 g/mol. The van der Waals surface area contributed by atoms with Gasteiger partial charge < -0.3 is 11.1 Å². The molecule has 0 aromatic heterocycles. The molecule has 0 atom stereocenters. The highest BCUT2D eigenvalue weighted by molar-refractivity contribution is 7.79. The number of hydrogen-bond donors (Lipinski definition) is 2. The van der Waals surface area contributed by atoms with Crippen molar-refractivity contribution in [3.8, 4) is 0 Å². The lowest BCUT2D eigenvalue weighted by Crippen LogP contribution is -2.13. The molecule has 0 aromatic rings. The molecular weight excluding hydrogens is 168 g/mol. The summed E-state index contributed by atoms with van der Waals surface area (Å²) in [5, 5.41) is 4.71. The molecule has 2 nitrogen and oxygen atoms in total. The Kier molecular flexibility index (Phi) is 3.05. The number of nitrogens with one attached hydrogen (secondary N) is 1. The van der Waals surface area contributed by atoms with Crippen LogP contribution in [-0.4, -0.2) is 5.37 Å². The van der Waals surface area contributed by atoms with E-state index in [4.69, 9.17) is 18.0 Å². The van der Waals surface area contributed by atoms with E-state index >= 15 is 0 Å². The zero-order valence-electron chi connectivity index (χ0n) is 6.84. The maximum Gasteiger partial charge on any atom is 0.0487 e. The average Bonchev–Trinajstić information content (AvgIpc) is 2.04. The standard InChI is InChI=1S/C9H12N2S/c1-7(10)5-8-3-2-4-11-9(8)6-12/h2,4,6,11H,1,3,5,10H2. The highest BCUT2D eigenvalue weighted by Gasteiger charge is 2.06. The molecule has 0 unspecified atom stereocenters. The molecule has 3 N–H and O–H groups in total. The Balaban J connectivity index is 2.74. The van der Waals surface area contributed by atoms with Gasteiger partial charge in [0.1, 0.15) is 0 Å². The van der Waals surface area contributed by atoms with Gasteiger partial charge in [0.15, 0.2) is 0 Å². The van der Waals surface area contributed by atoms with Gasteiger partial charge in [-0.05, 0) is 18.2 Å². The van der Waals surface area contributed by atoms with Gasteiger partial charge in [-0.3, -0.25) is 0 Å². The second kappa shape index (κ2) is 4.07. The minimum absolute atomic E-state index is 0.677. The smallest absolute Gasteiger partial charge is 0.0487 e. The van der Waals surface area contributed by atoms with Crippen LogP contribution in [-0.2, 0) is 0 Å². The Bertz CT molecular complexity index is 264. The van der Waals surface area contributed by atoms with Crippen LogP contribution in [0.25, 0.3) is 0 Å². The first-order valence-corrected chi connectivity index (χ1v) is 4.23. The number of nitrogens with two attached hydrogens (primary N) is 1. The van der Waals surface area contributed by atoms with Gasteiger partial charge in [0.2, 0.25) is 0 Å². The van der Waals surface area contributed by atoms with E-state index in [-0.39, 0.29) is 0 Å². The third-order valence-corrected chi connectivity index (χ3v) is 1.90. The first-order valence-electron chi connectivity index (χ1n) is 3.76. The van der Waals surface area contributed by atoms with Crippen molar-refractivity contribution in [2.75, 3.05) is 0 Å². The lowest BCUT2D eigenvalue weighted by molar-refractivity contribution is 0.938. The Morgan fingerprint density at radius 1 is 1.83 bits per heavy atom. The summed E-state index contributed by atoms with van der Waals surface area (Å²) in [6, 6.07) is 0. The predicted molar refractivity (Wildman–Crippen MR) is 55.5 cm³/mol. The minimum Gasteiger partial charge on any atom is -0.402 e. The minimum atomic E-state index is 0.677. The van der Waals surface area contributed by atoms with Crippen molar-refractivity contribution in [2.24, 2.45) is 5.73 Å². The topological polar surface area (TPSA) is 38.0 Å². The van der Waals surface area contributed by atoms with E-state index < -0.39 is 0 Å². The first-order chi connectivity index (χ1) is 5.74. The quantitative estimate of drug-likeness (QED) is 0.648. The zero-order valence-corrected chi connectivity index (χ0v) is 7.66. The van der Waals surface area contributed by atoms with Crippen molar-refractivity contribution in [1.29, 1.82) is 0 Å². The third kappa shape index (κ3) is 2.20. The number of hydrogen-bond acceptors (Lipinski definition) is 3. The summed E-state index contributed by atoms with van der Waals surface area (Å²) in [6.45, 7) is 3.66. The molecule has 1 aliphatic heterocycles. The highest BCUT2D eigenvalue weighted by atomic mass is 32.1. The molecule has 0 aliphatic carbocycles. The summed E-state index contributed by atoms with van der Waals surface area (Å²) in [5.74, 6) is 0. The van der Waals surface area contributed by atoms with Crippen LogP contribution in [0, 0.1) is 0 Å². The molecule has 0 bridgehead atoms. The predicted octanol–water partition coefficient (Wildman–Crippen LogP) is 1.61. The van der Waals surface area contributed by atoms with E-state index in [0.29, 0.717) is 5.70 Å². The molecule has 0 radical (unpaired) electrons. The van der Waals surface area contributed by atoms with Crippen molar-refractivity contribution >= 4 is 17.6 Å². The number of allylic oxidation sites excluding steroid dienone is 3. The Labute approximate surface area is 77.8 Å². The zero-order chi connectivity index (χ0) is 8.97. The van der Waals surface area contributed by atoms with Crippen molar-refractivity contribution in [3.63, 3.8) is 0 Å². The largest absolute Gasteiger partial charge is 0.402 e. The fourth-order valence-corrected chi connectivity index (χ4v) is 1.36. The molecule has 1 aliphatic rings. The van der Waals surface area contributed by atoms with Crippen LogP contribution in [0.3, 0.4) is 0 Å². The molecule has 0 fully saturated rings. The van der Waals surface area contributed by atoms with Crippen LogP contribution in [0.5, 0.6) is 0 Å². The van der Waals surface area contributed by atoms with Gasteiger partial charge >= 0.3 is 0 Å². The van der Waals surface area contributed by atoms with E-state index in [1.54, 1.807) is 5.37 Å². The molecule has 12 heavy (non-hydrogen) atoms. The van der Waals surface area contributed by atoms with Crippen LogP contribution in [0.4, 0.5) is 0 Å². The number of dihydropyridines is 1. The van der Waals surface area contributed by atoms with Crippen LogP contribution in [0.15, 0.2) is 35.8 Å². The second-order valence-electron chi connectivity index (χ2n) is 2.72. The SMILES string of the molecule is C=C(N)CC1=C(C=S)NC=CC1. The first kappa shape index (κ1) is 9.00.